The van der Waals surface area contributed by atoms with Gasteiger partial charge in [-0.3, -0.25) is 0 Å². The molecular weight excluding hydrogens is 262 g/mol. The van der Waals surface area contributed by atoms with Crippen molar-refractivity contribution in [3.63, 3.8) is 0 Å². The van der Waals surface area contributed by atoms with Crippen LogP contribution < -0.4 is 10.1 Å². The maximum absolute atomic E-state index is 5.80. The van der Waals surface area contributed by atoms with Gasteiger partial charge in [-0.05, 0) is 42.9 Å². The van der Waals surface area contributed by atoms with Crippen LogP contribution in [0.25, 0.3) is 0 Å². The average molecular weight is 291 g/mol. The minimum atomic E-state index is 0.679. The molecule has 3 heteroatoms. The van der Waals surface area contributed by atoms with Crippen LogP contribution >= 0.6 is 0 Å². The van der Waals surface area contributed by atoms with E-state index in [1.807, 2.05) is 12.1 Å². The van der Waals surface area contributed by atoms with Gasteiger partial charge in [-0.15, -0.1) is 0 Å². The van der Waals surface area contributed by atoms with Gasteiger partial charge in [0.05, 0.1) is 6.61 Å². The summed E-state index contributed by atoms with van der Waals surface area (Å²) in [5.41, 5.74) is 1.29. The molecular formula is C18H29NO2. The second-order valence-electron chi connectivity index (χ2n) is 6.06. The standard InChI is InChI=1S/C18H29NO2/c1-15-5-3-4-6-18(15)19-12-14-21-17-9-7-16(8-10-17)11-13-20-2/h7-10,15,18-19H,3-6,11-14H2,1-2H3. The maximum Gasteiger partial charge on any atom is 0.119 e. The molecule has 0 amide bonds. The molecule has 2 unspecified atom stereocenters. The molecule has 0 heterocycles. The third-order valence-corrected chi connectivity index (χ3v) is 4.41. The van der Waals surface area contributed by atoms with E-state index in [-0.39, 0.29) is 0 Å². The van der Waals surface area contributed by atoms with Crippen molar-refractivity contribution in [3.05, 3.63) is 29.8 Å². The third kappa shape index (κ3) is 5.68. The molecule has 0 bridgehead atoms. The van der Waals surface area contributed by atoms with Crippen LogP contribution in [0.3, 0.4) is 0 Å². The van der Waals surface area contributed by atoms with Gasteiger partial charge in [0.1, 0.15) is 12.4 Å². The van der Waals surface area contributed by atoms with E-state index in [0.717, 1.165) is 37.8 Å². The van der Waals surface area contributed by atoms with Crippen molar-refractivity contribution >= 4 is 0 Å². The number of benzene rings is 1. The second kappa shape index (κ2) is 9.06. The predicted molar refractivity (Wildman–Crippen MR) is 86.9 cm³/mol. The maximum atomic E-state index is 5.80. The van der Waals surface area contributed by atoms with E-state index < -0.39 is 0 Å². The van der Waals surface area contributed by atoms with Gasteiger partial charge in [0.15, 0.2) is 0 Å². The van der Waals surface area contributed by atoms with E-state index in [1.54, 1.807) is 7.11 Å². The summed E-state index contributed by atoms with van der Waals surface area (Å²) in [6.45, 7) is 4.79. The highest BCUT2D eigenvalue weighted by molar-refractivity contribution is 5.27. The Hall–Kier alpha value is -1.06. The molecule has 1 aliphatic carbocycles. The van der Waals surface area contributed by atoms with Gasteiger partial charge in [0.25, 0.3) is 0 Å². The molecule has 0 spiro atoms. The summed E-state index contributed by atoms with van der Waals surface area (Å²) in [4.78, 5) is 0. The predicted octanol–water partition coefficient (Wildman–Crippen LogP) is 3.42. The van der Waals surface area contributed by atoms with Crippen LogP contribution in [0.2, 0.25) is 0 Å². The molecule has 1 aromatic carbocycles. The lowest BCUT2D eigenvalue weighted by Gasteiger charge is -2.29. The van der Waals surface area contributed by atoms with Crippen LogP contribution in [0.1, 0.15) is 38.2 Å². The zero-order valence-corrected chi connectivity index (χ0v) is 13.4. The Labute approximate surface area is 129 Å². The lowest BCUT2D eigenvalue weighted by atomic mass is 9.86. The first-order valence-electron chi connectivity index (χ1n) is 8.23. The van der Waals surface area contributed by atoms with Gasteiger partial charge in [0.2, 0.25) is 0 Å². The lowest BCUT2D eigenvalue weighted by molar-refractivity contribution is 0.202. The van der Waals surface area contributed by atoms with E-state index in [1.165, 1.54) is 31.2 Å². The number of nitrogens with one attached hydrogen (secondary N) is 1. The van der Waals surface area contributed by atoms with Crippen molar-refractivity contribution in [3.8, 4) is 5.75 Å². The van der Waals surface area contributed by atoms with Gasteiger partial charge in [-0.1, -0.05) is 31.9 Å². The Balaban J connectivity index is 1.64. The Morgan fingerprint density at radius 3 is 2.57 bits per heavy atom. The van der Waals surface area contributed by atoms with Crippen molar-refractivity contribution in [2.24, 2.45) is 5.92 Å². The molecule has 21 heavy (non-hydrogen) atoms. The molecule has 118 valence electrons. The first-order chi connectivity index (χ1) is 10.3. The van der Waals surface area contributed by atoms with Crippen molar-refractivity contribution in [1.82, 2.24) is 5.32 Å². The van der Waals surface area contributed by atoms with Crippen LogP contribution in [0.5, 0.6) is 5.75 Å². The first kappa shape index (κ1) is 16.3. The summed E-state index contributed by atoms with van der Waals surface area (Å²) in [5, 5.41) is 3.64. The smallest absolute Gasteiger partial charge is 0.119 e. The van der Waals surface area contributed by atoms with E-state index in [0.29, 0.717) is 6.04 Å². The van der Waals surface area contributed by atoms with Crippen molar-refractivity contribution in [1.29, 1.82) is 0 Å². The number of hydrogen-bond acceptors (Lipinski definition) is 3. The van der Waals surface area contributed by atoms with Gasteiger partial charge >= 0.3 is 0 Å². The topological polar surface area (TPSA) is 30.5 Å². The Bertz CT molecular complexity index is 391. The molecule has 1 fully saturated rings. The van der Waals surface area contributed by atoms with Gasteiger partial charge < -0.3 is 14.8 Å². The van der Waals surface area contributed by atoms with Crippen LogP contribution in [0.4, 0.5) is 0 Å². The minimum absolute atomic E-state index is 0.679. The summed E-state index contributed by atoms with van der Waals surface area (Å²) in [7, 11) is 1.73. The van der Waals surface area contributed by atoms with Gasteiger partial charge in [0, 0.05) is 19.7 Å². The molecule has 0 aliphatic heterocycles. The summed E-state index contributed by atoms with van der Waals surface area (Å²) in [6.07, 6.45) is 6.39. The minimum Gasteiger partial charge on any atom is -0.492 e. The fourth-order valence-corrected chi connectivity index (χ4v) is 3.00. The molecule has 1 aliphatic rings. The van der Waals surface area contributed by atoms with Crippen LogP contribution in [-0.2, 0) is 11.2 Å². The highest BCUT2D eigenvalue weighted by Crippen LogP contribution is 2.23. The lowest BCUT2D eigenvalue weighted by Crippen LogP contribution is -2.39. The normalized spacial score (nSPS) is 22.2. The molecule has 1 saturated carbocycles. The molecule has 2 atom stereocenters. The van der Waals surface area contributed by atoms with Gasteiger partial charge in [-0.25, -0.2) is 0 Å². The van der Waals surface area contributed by atoms with E-state index in [9.17, 15) is 0 Å². The van der Waals surface area contributed by atoms with Crippen LogP contribution in [0.15, 0.2) is 24.3 Å². The summed E-state index contributed by atoms with van der Waals surface area (Å²) in [5.74, 6) is 1.76. The number of rotatable bonds is 8. The monoisotopic (exact) mass is 291 g/mol. The zero-order chi connectivity index (χ0) is 14.9. The van der Waals surface area contributed by atoms with Crippen molar-refractivity contribution in [2.45, 2.75) is 45.1 Å². The van der Waals surface area contributed by atoms with Gasteiger partial charge in [-0.2, -0.15) is 0 Å². The average Bonchev–Trinajstić information content (AvgIpc) is 2.52. The quantitative estimate of drug-likeness (QED) is 0.744. The van der Waals surface area contributed by atoms with Crippen molar-refractivity contribution < 1.29 is 9.47 Å². The third-order valence-electron chi connectivity index (χ3n) is 4.41. The molecule has 2 rings (SSSR count). The Morgan fingerprint density at radius 2 is 1.86 bits per heavy atom. The molecule has 0 aromatic heterocycles. The van der Waals surface area contributed by atoms with Crippen molar-refractivity contribution in [2.75, 3.05) is 26.9 Å². The number of hydrogen-bond donors (Lipinski definition) is 1. The fourth-order valence-electron chi connectivity index (χ4n) is 3.00. The molecule has 1 N–H and O–H groups in total. The fraction of sp³-hybridized carbons (Fsp3) is 0.667. The molecule has 3 nitrogen and oxygen atoms in total. The van der Waals surface area contributed by atoms with E-state index >= 15 is 0 Å². The molecule has 0 radical (unpaired) electrons. The number of methoxy groups -OCH3 is 1. The largest absolute Gasteiger partial charge is 0.492 e. The van der Waals surface area contributed by atoms with Crippen LogP contribution in [-0.4, -0.2) is 32.9 Å². The summed E-state index contributed by atoms with van der Waals surface area (Å²) < 4.78 is 10.9. The molecule has 1 aromatic rings. The Kier molecular flexibility index (Phi) is 7.04. The second-order valence-corrected chi connectivity index (χ2v) is 6.06. The summed E-state index contributed by atoms with van der Waals surface area (Å²) in [6, 6.07) is 9.01. The molecule has 0 saturated heterocycles. The summed E-state index contributed by atoms with van der Waals surface area (Å²) >= 11 is 0. The van der Waals surface area contributed by atoms with Crippen LogP contribution in [0, 0.1) is 5.92 Å². The van der Waals surface area contributed by atoms with E-state index in [2.05, 4.69) is 24.4 Å². The Morgan fingerprint density at radius 1 is 1.10 bits per heavy atom. The first-order valence-corrected chi connectivity index (χ1v) is 8.23. The SMILES string of the molecule is COCCc1ccc(OCCNC2CCCCC2C)cc1. The van der Waals surface area contributed by atoms with E-state index in [4.69, 9.17) is 9.47 Å². The number of ether oxygens (including phenoxy) is 2. The highest BCUT2D eigenvalue weighted by atomic mass is 16.5. The zero-order valence-electron chi connectivity index (χ0n) is 13.4. The highest BCUT2D eigenvalue weighted by Gasteiger charge is 2.20.